The van der Waals surface area contributed by atoms with Crippen molar-refractivity contribution in [3.05, 3.63) is 36.4 Å². The van der Waals surface area contributed by atoms with E-state index in [4.69, 9.17) is 4.74 Å². The van der Waals surface area contributed by atoms with Gasteiger partial charge in [0.05, 0.1) is 19.4 Å². The highest BCUT2D eigenvalue weighted by molar-refractivity contribution is 5.73. The van der Waals surface area contributed by atoms with Gasteiger partial charge < -0.3 is 9.64 Å². The summed E-state index contributed by atoms with van der Waals surface area (Å²) < 4.78 is 7.26. The van der Waals surface area contributed by atoms with E-state index in [1.807, 2.05) is 29.8 Å². The minimum absolute atomic E-state index is 0.709. The zero-order valence-electron chi connectivity index (χ0n) is 12.3. The molecule has 0 aliphatic carbocycles. The number of nitrogens with zero attached hydrogens (tertiary/aromatic N) is 6. The average molecular weight is 296 g/mol. The van der Waals surface area contributed by atoms with Gasteiger partial charge in [0.2, 0.25) is 5.95 Å². The summed E-state index contributed by atoms with van der Waals surface area (Å²) in [5.74, 6) is 1.52. The van der Waals surface area contributed by atoms with E-state index < -0.39 is 0 Å². The number of aromatic nitrogens is 5. The number of rotatable bonds is 2. The van der Waals surface area contributed by atoms with E-state index in [-0.39, 0.29) is 0 Å². The van der Waals surface area contributed by atoms with Crippen LogP contribution >= 0.6 is 0 Å². The largest absolute Gasteiger partial charge is 0.378 e. The minimum Gasteiger partial charge on any atom is -0.378 e. The fourth-order valence-electron chi connectivity index (χ4n) is 2.49. The van der Waals surface area contributed by atoms with Crippen LogP contribution in [-0.4, -0.2) is 50.8 Å². The molecule has 0 aromatic carbocycles. The third kappa shape index (κ3) is 2.29. The number of pyridine rings is 1. The molecule has 0 amide bonds. The van der Waals surface area contributed by atoms with E-state index in [2.05, 4.69) is 24.8 Å². The van der Waals surface area contributed by atoms with Gasteiger partial charge in [-0.15, -0.1) is 0 Å². The second-order valence-electron chi connectivity index (χ2n) is 5.29. The Morgan fingerprint density at radius 3 is 2.68 bits per heavy atom. The number of aryl methyl sites for hydroxylation is 1. The average Bonchev–Trinajstić information content (AvgIpc) is 2.99. The smallest absolute Gasteiger partial charge is 0.227 e. The van der Waals surface area contributed by atoms with Gasteiger partial charge in [-0.2, -0.15) is 4.98 Å². The van der Waals surface area contributed by atoms with Crippen LogP contribution in [-0.2, 0) is 4.74 Å². The standard InChI is InChI=1S/C15H16N6O/c1-11-2-3-13(16-8-11)21-10-18-12-9-17-15(19-14(12)21)20-4-6-22-7-5-20/h2-3,8-10H,4-7H2,1H3. The van der Waals surface area contributed by atoms with Crippen LogP contribution in [0, 0.1) is 6.92 Å². The van der Waals surface area contributed by atoms with Gasteiger partial charge in [0, 0.05) is 19.3 Å². The fraction of sp³-hybridized carbons (Fsp3) is 0.333. The molecule has 3 aromatic heterocycles. The molecule has 7 nitrogen and oxygen atoms in total. The molecule has 7 heteroatoms. The van der Waals surface area contributed by atoms with E-state index in [0.717, 1.165) is 35.6 Å². The molecule has 0 unspecified atom stereocenters. The van der Waals surface area contributed by atoms with Crippen LogP contribution in [0.4, 0.5) is 5.95 Å². The highest BCUT2D eigenvalue weighted by atomic mass is 16.5. The Bertz CT molecular complexity index is 791. The van der Waals surface area contributed by atoms with Gasteiger partial charge >= 0.3 is 0 Å². The lowest BCUT2D eigenvalue weighted by Gasteiger charge is -2.26. The number of ether oxygens (including phenoxy) is 1. The van der Waals surface area contributed by atoms with E-state index >= 15 is 0 Å². The van der Waals surface area contributed by atoms with Crippen LogP contribution in [0.15, 0.2) is 30.9 Å². The molecule has 1 fully saturated rings. The Kier molecular flexibility index (Phi) is 3.19. The molecule has 0 atom stereocenters. The lowest BCUT2D eigenvalue weighted by atomic mass is 10.3. The Morgan fingerprint density at radius 1 is 1.05 bits per heavy atom. The van der Waals surface area contributed by atoms with Crippen molar-refractivity contribution in [2.75, 3.05) is 31.2 Å². The maximum Gasteiger partial charge on any atom is 0.227 e. The van der Waals surface area contributed by atoms with E-state index in [1.165, 1.54) is 0 Å². The van der Waals surface area contributed by atoms with E-state index in [9.17, 15) is 0 Å². The van der Waals surface area contributed by atoms with Gasteiger partial charge in [0.1, 0.15) is 17.7 Å². The monoisotopic (exact) mass is 296 g/mol. The fourth-order valence-corrected chi connectivity index (χ4v) is 2.49. The second-order valence-corrected chi connectivity index (χ2v) is 5.29. The van der Waals surface area contributed by atoms with Gasteiger partial charge in [-0.3, -0.25) is 4.57 Å². The van der Waals surface area contributed by atoms with Crippen LogP contribution in [0.3, 0.4) is 0 Å². The van der Waals surface area contributed by atoms with Crippen LogP contribution < -0.4 is 4.90 Å². The SMILES string of the molecule is Cc1ccc(-n2cnc3cnc(N4CCOCC4)nc32)nc1. The molecule has 1 aliphatic heterocycles. The number of hydrogen-bond donors (Lipinski definition) is 0. The molecule has 22 heavy (non-hydrogen) atoms. The number of imidazole rings is 1. The van der Waals surface area contributed by atoms with Gasteiger partial charge in [-0.1, -0.05) is 6.07 Å². The normalized spacial score (nSPS) is 15.4. The molecular formula is C15H16N6O. The molecule has 0 N–H and O–H groups in total. The van der Waals surface area contributed by atoms with Crippen molar-refractivity contribution in [1.82, 2.24) is 24.5 Å². The van der Waals surface area contributed by atoms with Gasteiger partial charge in [0.15, 0.2) is 5.65 Å². The molecule has 0 bridgehead atoms. The summed E-state index contributed by atoms with van der Waals surface area (Å²) in [6, 6.07) is 3.99. The molecule has 0 spiro atoms. The molecule has 3 aromatic rings. The quantitative estimate of drug-likeness (QED) is 0.711. The molecule has 4 heterocycles. The van der Waals surface area contributed by atoms with E-state index in [0.29, 0.717) is 19.2 Å². The summed E-state index contributed by atoms with van der Waals surface area (Å²) in [5.41, 5.74) is 2.66. The van der Waals surface area contributed by atoms with Crippen LogP contribution in [0.5, 0.6) is 0 Å². The summed E-state index contributed by atoms with van der Waals surface area (Å²) in [6.45, 7) is 5.05. The molecule has 1 aliphatic rings. The van der Waals surface area contributed by atoms with Crippen LogP contribution in [0.2, 0.25) is 0 Å². The lowest BCUT2D eigenvalue weighted by molar-refractivity contribution is 0.122. The van der Waals surface area contributed by atoms with Gasteiger partial charge in [-0.25, -0.2) is 15.0 Å². The number of fused-ring (bicyclic) bond motifs is 1. The third-order valence-corrected chi connectivity index (χ3v) is 3.71. The molecular weight excluding hydrogens is 280 g/mol. The number of anilines is 1. The Morgan fingerprint density at radius 2 is 1.91 bits per heavy atom. The minimum atomic E-state index is 0.709. The number of hydrogen-bond acceptors (Lipinski definition) is 6. The first-order chi connectivity index (χ1) is 10.8. The zero-order chi connectivity index (χ0) is 14.9. The summed E-state index contributed by atoms with van der Waals surface area (Å²) in [5, 5.41) is 0. The Balaban J connectivity index is 1.77. The molecule has 0 saturated carbocycles. The third-order valence-electron chi connectivity index (χ3n) is 3.71. The Hall–Kier alpha value is -2.54. The second kappa shape index (κ2) is 5.34. The first-order valence-corrected chi connectivity index (χ1v) is 7.27. The summed E-state index contributed by atoms with van der Waals surface area (Å²) in [6.07, 6.45) is 5.34. The van der Waals surface area contributed by atoms with Crippen molar-refractivity contribution in [2.45, 2.75) is 6.92 Å². The molecule has 4 rings (SSSR count). The van der Waals surface area contributed by atoms with Crippen molar-refractivity contribution in [3.63, 3.8) is 0 Å². The Labute approximate surface area is 127 Å². The number of morpholine rings is 1. The van der Waals surface area contributed by atoms with Crippen LogP contribution in [0.1, 0.15) is 5.56 Å². The summed E-state index contributed by atoms with van der Waals surface area (Å²) in [7, 11) is 0. The summed E-state index contributed by atoms with van der Waals surface area (Å²) in [4.78, 5) is 20.0. The predicted octanol–water partition coefficient (Wildman–Crippen LogP) is 1.36. The zero-order valence-corrected chi connectivity index (χ0v) is 12.3. The van der Waals surface area contributed by atoms with Crippen molar-refractivity contribution in [1.29, 1.82) is 0 Å². The van der Waals surface area contributed by atoms with Gasteiger partial charge in [0.25, 0.3) is 0 Å². The molecule has 1 saturated heterocycles. The van der Waals surface area contributed by atoms with E-state index in [1.54, 1.807) is 12.5 Å². The van der Waals surface area contributed by atoms with Crippen molar-refractivity contribution in [3.8, 4) is 5.82 Å². The van der Waals surface area contributed by atoms with Crippen molar-refractivity contribution < 1.29 is 4.74 Å². The van der Waals surface area contributed by atoms with Crippen molar-refractivity contribution >= 4 is 17.1 Å². The van der Waals surface area contributed by atoms with Crippen LogP contribution in [0.25, 0.3) is 17.0 Å². The molecule has 112 valence electrons. The topological polar surface area (TPSA) is 69.0 Å². The highest BCUT2D eigenvalue weighted by Gasteiger charge is 2.16. The highest BCUT2D eigenvalue weighted by Crippen LogP contribution is 2.18. The first-order valence-electron chi connectivity index (χ1n) is 7.27. The lowest BCUT2D eigenvalue weighted by Crippen LogP contribution is -2.37. The van der Waals surface area contributed by atoms with Gasteiger partial charge in [-0.05, 0) is 18.6 Å². The maximum absolute atomic E-state index is 5.37. The predicted molar refractivity (Wildman–Crippen MR) is 82.2 cm³/mol. The summed E-state index contributed by atoms with van der Waals surface area (Å²) >= 11 is 0. The maximum atomic E-state index is 5.37. The first kappa shape index (κ1) is 13.1. The molecule has 0 radical (unpaired) electrons. The van der Waals surface area contributed by atoms with Crippen molar-refractivity contribution in [2.24, 2.45) is 0 Å².